The van der Waals surface area contributed by atoms with Gasteiger partial charge in [0.2, 0.25) is 5.91 Å². The van der Waals surface area contributed by atoms with E-state index < -0.39 is 11.6 Å². The molecule has 2 rings (SSSR count). The maximum Gasteiger partial charge on any atom is 0.234 e. The lowest BCUT2D eigenvalue weighted by Gasteiger charge is -2.07. The van der Waals surface area contributed by atoms with Crippen LogP contribution in [0.25, 0.3) is 0 Å². The van der Waals surface area contributed by atoms with Gasteiger partial charge in [-0.3, -0.25) is 4.79 Å². The quantitative estimate of drug-likeness (QED) is 0.590. The smallest absolute Gasteiger partial charge is 0.234 e. The second-order valence-electron chi connectivity index (χ2n) is 4.98. The van der Waals surface area contributed by atoms with Crippen LogP contribution >= 0.6 is 11.8 Å². The van der Waals surface area contributed by atoms with Crippen LogP contribution < -0.4 is 5.32 Å². The first kappa shape index (κ1) is 17.4. The molecule has 0 bridgehead atoms. The molecule has 2 aromatic rings. The van der Waals surface area contributed by atoms with Crippen LogP contribution in [0.15, 0.2) is 29.7 Å². The van der Waals surface area contributed by atoms with E-state index in [0.29, 0.717) is 5.16 Å². The number of carbonyl (C=O) groups is 1. The van der Waals surface area contributed by atoms with Crippen LogP contribution in [-0.2, 0) is 11.3 Å². The molecule has 1 amide bonds. The van der Waals surface area contributed by atoms with Crippen molar-refractivity contribution in [1.29, 1.82) is 0 Å². The van der Waals surface area contributed by atoms with E-state index in [0.717, 1.165) is 37.9 Å². The SMILES string of the molecule is CCCCCn1cnnc1SCC(=O)Nc1ccc(F)c(F)c1. The predicted molar refractivity (Wildman–Crippen MR) is 85.3 cm³/mol. The number of halogens is 2. The van der Waals surface area contributed by atoms with E-state index in [4.69, 9.17) is 0 Å². The molecule has 124 valence electrons. The second-order valence-corrected chi connectivity index (χ2v) is 5.92. The minimum Gasteiger partial charge on any atom is -0.325 e. The molecule has 0 saturated carbocycles. The Bertz CT molecular complexity index is 663. The third kappa shape index (κ3) is 5.31. The summed E-state index contributed by atoms with van der Waals surface area (Å²) in [5.41, 5.74) is 0.221. The van der Waals surface area contributed by atoms with Gasteiger partial charge in [0.25, 0.3) is 0 Å². The van der Waals surface area contributed by atoms with Crippen molar-refractivity contribution in [3.05, 3.63) is 36.2 Å². The number of unbranched alkanes of at least 4 members (excludes halogenated alkanes) is 2. The summed E-state index contributed by atoms with van der Waals surface area (Å²) >= 11 is 1.26. The van der Waals surface area contributed by atoms with Crippen molar-refractivity contribution in [1.82, 2.24) is 14.8 Å². The molecular weight excluding hydrogens is 322 g/mol. The summed E-state index contributed by atoms with van der Waals surface area (Å²) < 4.78 is 27.8. The van der Waals surface area contributed by atoms with Crippen LogP contribution in [0.5, 0.6) is 0 Å². The summed E-state index contributed by atoms with van der Waals surface area (Å²) in [4.78, 5) is 11.9. The molecule has 0 aliphatic rings. The van der Waals surface area contributed by atoms with Gasteiger partial charge in [-0.2, -0.15) is 0 Å². The Balaban J connectivity index is 1.84. The highest BCUT2D eigenvalue weighted by atomic mass is 32.2. The van der Waals surface area contributed by atoms with E-state index in [1.54, 1.807) is 6.33 Å². The number of thioether (sulfide) groups is 1. The number of rotatable bonds is 8. The highest BCUT2D eigenvalue weighted by molar-refractivity contribution is 7.99. The highest BCUT2D eigenvalue weighted by Crippen LogP contribution is 2.17. The fraction of sp³-hybridized carbons (Fsp3) is 0.400. The molecular formula is C15H18F2N4OS. The average Bonchev–Trinajstić information content (AvgIpc) is 2.97. The normalized spacial score (nSPS) is 10.7. The fourth-order valence-electron chi connectivity index (χ4n) is 1.94. The molecule has 0 aliphatic carbocycles. The maximum absolute atomic E-state index is 13.1. The Morgan fingerprint density at radius 3 is 2.87 bits per heavy atom. The lowest BCUT2D eigenvalue weighted by molar-refractivity contribution is -0.113. The molecule has 0 radical (unpaired) electrons. The van der Waals surface area contributed by atoms with Gasteiger partial charge in [0.15, 0.2) is 16.8 Å². The van der Waals surface area contributed by atoms with Crippen molar-refractivity contribution in [3.63, 3.8) is 0 Å². The topological polar surface area (TPSA) is 59.8 Å². The number of aromatic nitrogens is 3. The summed E-state index contributed by atoms with van der Waals surface area (Å²) in [6.07, 6.45) is 4.93. The molecule has 0 unspecified atom stereocenters. The number of hydrogen-bond donors (Lipinski definition) is 1. The number of nitrogens with one attached hydrogen (secondary N) is 1. The number of anilines is 1. The molecule has 8 heteroatoms. The van der Waals surface area contributed by atoms with Crippen LogP contribution in [0.3, 0.4) is 0 Å². The van der Waals surface area contributed by atoms with Crippen molar-refractivity contribution in [2.75, 3.05) is 11.1 Å². The minimum atomic E-state index is -0.994. The number of benzene rings is 1. The Morgan fingerprint density at radius 1 is 1.30 bits per heavy atom. The van der Waals surface area contributed by atoms with Crippen LogP contribution in [0.2, 0.25) is 0 Å². The molecule has 0 saturated heterocycles. The van der Waals surface area contributed by atoms with Crippen LogP contribution in [0.4, 0.5) is 14.5 Å². The zero-order valence-electron chi connectivity index (χ0n) is 12.8. The Morgan fingerprint density at radius 2 is 2.13 bits per heavy atom. The van der Waals surface area contributed by atoms with Crippen LogP contribution in [0.1, 0.15) is 26.2 Å². The van der Waals surface area contributed by atoms with Gasteiger partial charge in [-0.15, -0.1) is 10.2 Å². The zero-order valence-corrected chi connectivity index (χ0v) is 13.6. The van der Waals surface area contributed by atoms with Gasteiger partial charge < -0.3 is 9.88 Å². The molecule has 5 nitrogen and oxygen atoms in total. The summed E-state index contributed by atoms with van der Waals surface area (Å²) in [7, 11) is 0. The van der Waals surface area contributed by atoms with E-state index in [9.17, 15) is 13.6 Å². The average molecular weight is 340 g/mol. The molecule has 0 fully saturated rings. The first-order valence-electron chi connectivity index (χ1n) is 7.35. The Labute approximate surface area is 137 Å². The molecule has 0 aliphatic heterocycles. The van der Waals surface area contributed by atoms with E-state index in [2.05, 4.69) is 22.4 Å². The molecule has 0 spiro atoms. The Hall–Kier alpha value is -1.96. The van der Waals surface area contributed by atoms with Gasteiger partial charge >= 0.3 is 0 Å². The van der Waals surface area contributed by atoms with Crippen molar-refractivity contribution in [3.8, 4) is 0 Å². The van der Waals surface area contributed by atoms with Crippen molar-refractivity contribution in [2.24, 2.45) is 0 Å². The third-order valence-corrected chi connectivity index (χ3v) is 4.10. The predicted octanol–water partition coefficient (Wildman–Crippen LogP) is 3.48. The highest BCUT2D eigenvalue weighted by Gasteiger charge is 2.10. The van der Waals surface area contributed by atoms with Gasteiger partial charge in [0.1, 0.15) is 6.33 Å². The number of amides is 1. The molecule has 0 atom stereocenters. The molecule has 1 aromatic heterocycles. The number of carbonyl (C=O) groups excluding carboxylic acids is 1. The lowest BCUT2D eigenvalue weighted by Crippen LogP contribution is -2.15. The minimum absolute atomic E-state index is 0.117. The van der Waals surface area contributed by atoms with Crippen molar-refractivity contribution in [2.45, 2.75) is 37.9 Å². The first-order valence-corrected chi connectivity index (χ1v) is 8.34. The molecule has 1 N–H and O–H groups in total. The molecule has 1 heterocycles. The van der Waals surface area contributed by atoms with Gasteiger partial charge in [0, 0.05) is 18.3 Å². The summed E-state index contributed by atoms with van der Waals surface area (Å²) in [6, 6.07) is 3.24. The van der Waals surface area contributed by atoms with E-state index in [-0.39, 0.29) is 17.3 Å². The molecule has 23 heavy (non-hydrogen) atoms. The maximum atomic E-state index is 13.1. The van der Waals surface area contributed by atoms with Gasteiger partial charge in [0.05, 0.1) is 5.75 Å². The first-order chi connectivity index (χ1) is 11.1. The van der Waals surface area contributed by atoms with E-state index in [1.807, 2.05) is 4.57 Å². The zero-order chi connectivity index (χ0) is 16.7. The second kappa shape index (κ2) is 8.61. The standard InChI is InChI=1S/C15H18F2N4OS/c1-2-3-4-7-21-10-18-20-15(21)23-9-14(22)19-11-5-6-12(16)13(17)8-11/h5-6,8,10H,2-4,7,9H2,1H3,(H,19,22). The largest absolute Gasteiger partial charge is 0.325 e. The number of aryl methyl sites for hydroxylation is 1. The van der Waals surface area contributed by atoms with Gasteiger partial charge in [-0.05, 0) is 18.6 Å². The van der Waals surface area contributed by atoms with Gasteiger partial charge in [-0.25, -0.2) is 8.78 Å². The number of hydrogen-bond acceptors (Lipinski definition) is 4. The van der Waals surface area contributed by atoms with Crippen LogP contribution in [0, 0.1) is 11.6 Å². The van der Waals surface area contributed by atoms with Gasteiger partial charge in [-0.1, -0.05) is 31.5 Å². The monoisotopic (exact) mass is 340 g/mol. The van der Waals surface area contributed by atoms with Crippen molar-refractivity contribution >= 4 is 23.4 Å². The summed E-state index contributed by atoms with van der Waals surface area (Å²) in [5.74, 6) is -2.14. The van der Waals surface area contributed by atoms with Crippen molar-refractivity contribution < 1.29 is 13.6 Å². The summed E-state index contributed by atoms with van der Waals surface area (Å²) in [6.45, 7) is 2.94. The third-order valence-electron chi connectivity index (χ3n) is 3.12. The van der Waals surface area contributed by atoms with E-state index >= 15 is 0 Å². The van der Waals surface area contributed by atoms with Crippen LogP contribution in [-0.4, -0.2) is 26.4 Å². The number of nitrogens with zero attached hydrogens (tertiary/aromatic N) is 3. The lowest BCUT2D eigenvalue weighted by atomic mass is 10.2. The fourth-order valence-corrected chi connectivity index (χ4v) is 2.68. The Kier molecular flexibility index (Phi) is 6.52. The molecule has 1 aromatic carbocycles. The van der Waals surface area contributed by atoms with E-state index in [1.165, 1.54) is 17.8 Å². The summed E-state index contributed by atoms with van der Waals surface area (Å²) in [5, 5.41) is 11.0.